The summed E-state index contributed by atoms with van der Waals surface area (Å²) in [6, 6.07) is 12.2. The van der Waals surface area contributed by atoms with Crippen LogP contribution in [0.3, 0.4) is 0 Å². The number of nitro groups is 1. The van der Waals surface area contributed by atoms with Crippen LogP contribution in [0.5, 0.6) is 0 Å². The molecule has 0 aliphatic carbocycles. The highest BCUT2D eigenvalue weighted by molar-refractivity contribution is 5.92. The summed E-state index contributed by atoms with van der Waals surface area (Å²) < 4.78 is 0. The van der Waals surface area contributed by atoms with Gasteiger partial charge in [0.05, 0.1) is 4.92 Å². The molecule has 0 fully saturated rings. The number of anilines is 1. The third kappa shape index (κ3) is 3.72. The van der Waals surface area contributed by atoms with E-state index in [0.717, 1.165) is 21.5 Å². The van der Waals surface area contributed by atoms with E-state index in [0.29, 0.717) is 5.82 Å². The Morgan fingerprint density at radius 3 is 2.73 bits per heavy atom. The van der Waals surface area contributed by atoms with E-state index in [1.54, 1.807) is 13.0 Å². The van der Waals surface area contributed by atoms with E-state index in [4.69, 9.17) is 0 Å². The highest BCUT2D eigenvalue weighted by Crippen LogP contribution is 2.25. The lowest BCUT2D eigenvalue weighted by Gasteiger charge is -2.06. The number of hydrogen-bond donors (Lipinski definition) is 1. The minimum atomic E-state index is -0.535. The van der Waals surface area contributed by atoms with Crippen molar-refractivity contribution in [2.45, 2.75) is 20.4 Å². The van der Waals surface area contributed by atoms with Gasteiger partial charge in [0.15, 0.2) is 0 Å². The van der Waals surface area contributed by atoms with Crippen molar-refractivity contribution < 1.29 is 9.72 Å². The fourth-order valence-corrected chi connectivity index (χ4v) is 2.46. The predicted molar refractivity (Wildman–Crippen MR) is 94.5 cm³/mol. The SMILES string of the molecule is Cc1ccc(NC(=O)Cn2nnc(-c3ccccc3C)n2)c([N+](=O)[O-])c1. The van der Waals surface area contributed by atoms with Gasteiger partial charge in [-0.15, -0.1) is 10.2 Å². The zero-order valence-electron chi connectivity index (χ0n) is 14.2. The second kappa shape index (κ2) is 7.09. The number of tetrazole rings is 1. The number of rotatable bonds is 5. The van der Waals surface area contributed by atoms with Crippen molar-refractivity contribution in [3.63, 3.8) is 0 Å². The fourth-order valence-electron chi connectivity index (χ4n) is 2.46. The molecule has 0 bridgehead atoms. The van der Waals surface area contributed by atoms with Crippen LogP contribution in [0.15, 0.2) is 42.5 Å². The third-order valence-electron chi connectivity index (χ3n) is 3.75. The standard InChI is InChI=1S/C17H16N6O3/c1-11-7-8-14(15(9-11)23(25)26)18-16(24)10-22-20-17(19-21-22)13-6-4-3-5-12(13)2/h3-9H,10H2,1-2H3,(H,18,24). The van der Waals surface area contributed by atoms with Gasteiger partial charge in [0, 0.05) is 11.6 Å². The maximum atomic E-state index is 12.2. The van der Waals surface area contributed by atoms with Crippen LogP contribution in [0.2, 0.25) is 0 Å². The zero-order valence-corrected chi connectivity index (χ0v) is 14.2. The van der Waals surface area contributed by atoms with E-state index in [9.17, 15) is 14.9 Å². The molecule has 0 unspecified atom stereocenters. The number of nitrogens with zero attached hydrogens (tertiary/aromatic N) is 5. The van der Waals surface area contributed by atoms with Crippen LogP contribution in [0.4, 0.5) is 11.4 Å². The van der Waals surface area contributed by atoms with Crippen LogP contribution in [-0.4, -0.2) is 31.0 Å². The number of amides is 1. The molecule has 0 atom stereocenters. The first kappa shape index (κ1) is 17.2. The molecule has 1 heterocycles. The van der Waals surface area contributed by atoms with Crippen molar-refractivity contribution in [2.75, 3.05) is 5.32 Å². The van der Waals surface area contributed by atoms with Gasteiger partial charge >= 0.3 is 0 Å². The second-order valence-electron chi connectivity index (χ2n) is 5.78. The van der Waals surface area contributed by atoms with Crippen LogP contribution >= 0.6 is 0 Å². The van der Waals surface area contributed by atoms with Crippen LogP contribution in [0.1, 0.15) is 11.1 Å². The van der Waals surface area contributed by atoms with E-state index in [1.165, 1.54) is 12.1 Å². The molecule has 0 spiro atoms. The minimum Gasteiger partial charge on any atom is -0.319 e. The highest BCUT2D eigenvalue weighted by atomic mass is 16.6. The van der Waals surface area contributed by atoms with Gasteiger partial charge in [-0.1, -0.05) is 30.3 Å². The first-order chi connectivity index (χ1) is 12.4. The lowest BCUT2D eigenvalue weighted by molar-refractivity contribution is -0.384. The lowest BCUT2D eigenvalue weighted by Crippen LogP contribution is -2.21. The van der Waals surface area contributed by atoms with Crippen molar-refractivity contribution >= 4 is 17.3 Å². The molecule has 1 aromatic heterocycles. The lowest BCUT2D eigenvalue weighted by atomic mass is 10.1. The maximum Gasteiger partial charge on any atom is 0.293 e. The van der Waals surface area contributed by atoms with Gasteiger partial charge in [-0.2, -0.15) is 4.80 Å². The monoisotopic (exact) mass is 352 g/mol. The molecule has 3 aromatic rings. The number of aromatic nitrogens is 4. The summed E-state index contributed by atoms with van der Waals surface area (Å²) in [7, 11) is 0. The molecule has 2 aromatic carbocycles. The van der Waals surface area contributed by atoms with Crippen molar-refractivity contribution in [2.24, 2.45) is 0 Å². The average Bonchev–Trinajstić information content (AvgIpc) is 3.04. The summed E-state index contributed by atoms with van der Waals surface area (Å²) in [5.41, 5.74) is 2.52. The Kier molecular flexibility index (Phi) is 4.70. The first-order valence-corrected chi connectivity index (χ1v) is 7.83. The van der Waals surface area contributed by atoms with Crippen molar-refractivity contribution in [3.8, 4) is 11.4 Å². The minimum absolute atomic E-state index is 0.129. The molecule has 0 aliphatic rings. The van der Waals surface area contributed by atoms with E-state index < -0.39 is 10.8 Å². The van der Waals surface area contributed by atoms with Crippen LogP contribution in [-0.2, 0) is 11.3 Å². The second-order valence-corrected chi connectivity index (χ2v) is 5.78. The average molecular weight is 352 g/mol. The molecule has 0 saturated heterocycles. The Balaban J connectivity index is 1.74. The Morgan fingerprint density at radius 2 is 2.00 bits per heavy atom. The van der Waals surface area contributed by atoms with E-state index in [1.807, 2.05) is 31.2 Å². The molecule has 26 heavy (non-hydrogen) atoms. The quantitative estimate of drug-likeness (QED) is 0.557. The van der Waals surface area contributed by atoms with Crippen LogP contribution in [0, 0.1) is 24.0 Å². The summed E-state index contributed by atoms with van der Waals surface area (Å²) >= 11 is 0. The van der Waals surface area contributed by atoms with Gasteiger partial charge in [-0.05, 0) is 36.3 Å². The molecule has 3 rings (SSSR count). The molecular formula is C17H16N6O3. The molecule has 9 nitrogen and oxygen atoms in total. The van der Waals surface area contributed by atoms with Crippen molar-refractivity contribution in [1.82, 2.24) is 20.2 Å². The number of aryl methyl sites for hydroxylation is 2. The summed E-state index contributed by atoms with van der Waals surface area (Å²) in [5.74, 6) is -0.0668. The summed E-state index contributed by atoms with van der Waals surface area (Å²) in [4.78, 5) is 23.9. The number of carbonyl (C=O) groups excluding carboxylic acids is 1. The highest BCUT2D eigenvalue weighted by Gasteiger charge is 2.17. The Morgan fingerprint density at radius 1 is 1.23 bits per heavy atom. The smallest absolute Gasteiger partial charge is 0.293 e. The zero-order chi connectivity index (χ0) is 18.7. The largest absolute Gasteiger partial charge is 0.319 e. The molecule has 0 aliphatic heterocycles. The maximum absolute atomic E-state index is 12.2. The van der Waals surface area contributed by atoms with Crippen LogP contribution < -0.4 is 5.32 Å². The van der Waals surface area contributed by atoms with Crippen molar-refractivity contribution in [3.05, 3.63) is 63.7 Å². The van der Waals surface area contributed by atoms with E-state index >= 15 is 0 Å². The molecule has 1 amide bonds. The van der Waals surface area contributed by atoms with Crippen molar-refractivity contribution in [1.29, 1.82) is 0 Å². The molecule has 1 N–H and O–H groups in total. The molecule has 0 radical (unpaired) electrons. The van der Waals surface area contributed by atoms with Gasteiger partial charge in [0.25, 0.3) is 5.69 Å². The Hall–Kier alpha value is -3.62. The number of nitro benzene ring substituents is 1. The number of carbonyl (C=O) groups is 1. The molecular weight excluding hydrogens is 336 g/mol. The number of benzene rings is 2. The number of hydrogen-bond acceptors (Lipinski definition) is 6. The van der Waals surface area contributed by atoms with Crippen LogP contribution in [0.25, 0.3) is 11.4 Å². The normalized spacial score (nSPS) is 10.5. The van der Waals surface area contributed by atoms with Gasteiger partial charge in [0.1, 0.15) is 12.2 Å². The summed E-state index contributed by atoms with van der Waals surface area (Å²) in [6.07, 6.45) is 0. The van der Waals surface area contributed by atoms with Gasteiger partial charge < -0.3 is 5.32 Å². The molecule has 0 saturated carbocycles. The van der Waals surface area contributed by atoms with E-state index in [-0.39, 0.29) is 17.9 Å². The van der Waals surface area contributed by atoms with Gasteiger partial charge in [0.2, 0.25) is 11.7 Å². The first-order valence-electron chi connectivity index (χ1n) is 7.83. The summed E-state index contributed by atoms with van der Waals surface area (Å²) in [5, 5.41) is 25.7. The Labute approximate surface area is 148 Å². The van der Waals surface area contributed by atoms with Gasteiger partial charge in [-0.25, -0.2) is 0 Å². The molecule has 9 heteroatoms. The predicted octanol–water partition coefficient (Wildman–Crippen LogP) is 2.50. The fraction of sp³-hybridized carbons (Fsp3) is 0.176. The third-order valence-corrected chi connectivity index (χ3v) is 3.75. The Bertz CT molecular complexity index is 982. The topological polar surface area (TPSA) is 116 Å². The molecule has 132 valence electrons. The van der Waals surface area contributed by atoms with Gasteiger partial charge in [-0.3, -0.25) is 14.9 Å². The number of nitrogens with one attached hydrogen (secondary N) is 1. The summed E-state index contributed by atoms with van der Waals surface area (Å²) in [6.45, 7) is 3.47. The van der Waals surface area contributed by atoms with E-state index in [2.05, 4.69) is 20.7 Å².